The number of anilines is 1. The van der Waals surface area contributed by atoms with Crippen LogP contribution in [0.4, 0.5) is 5.69 Å². The number of hydrogen-bond donors (Lipinski definition) is 2. The highest BCUT2D eigenvalue weighted by Crippen LogP contribution is 2.40. The van der Waals surface area contributed by atoms with Gasteiger partial charge in [0.25, 0.3) is 5.91 Å². The molecule has 3 fully saturated rings. The molecule has 7 heterocycles. The lowest BCUT2D eigenvalue weighted by Gasteiger charge is -2.23. The number of fused-ring (bicyclic) bond motifs is 4. The quantitative estimate of drug-likeness (QED) is 0.218. The molecule has 8 rings (SSSR count). The average molecular weight is 636 g/mol. The molecular formula is C36H45N9O2. The Morgan fingerprint density at radius 2 is 1.94 bits per heavy atom. The number of aromatic nitrogens is 6. The van der Waals surface area contributed by atoms with Gasteiger partial charge >= 0.3 is 0 Å². The zero-order valence-corrected chi connectivity index (χ0v) is 28.2. The Labute approximate surface area is 275 Å². The van der Waals surface area contributed by atoms with Crippen molar-refractivity contribution in [3.05, 3.63) is 59.7 Å². The van der Waals surface area contributed by atoms with Gasteiger partial charge in [-0.3, -0.25) is 13.9 Å². The van der Waals surface area contributed by atoms with Crippen LogP contribution in [-0.2, 0) is 12.1 Å². The molecule has 11 heteroatoms. The maximum absolute atomic E-state index is 13.8. The molecule has 11 nitrogen and oxygen atoms in total. The van der Waals surface area contributed by atoms with Gasteiger partial charge in [-0.25, -0.2) is 9.97 Å². The van der Waals surface area contributed by atoms with E-state index in [1.807, 2.05) is 38.5 Å². The van der Waals surface area contributed by atoms with Gasteiger partial charge < -0.3 is 25.3 Å². The molecule has 3 aliphatic rings. The second-order valence-electron chi connectivity index (χ2n) is 14.9. The maximum Gasteiger partial charge on any atom is 0.254 e. The van der Waals surface area contributed by atoms with Crippen LogP contribution >= 0.6 is 0 Å². The predicted octanol–water partition coefficient (Wildman–Crippen LogP) is 5.91. The van der Waals surface area contributed by atoms with Crippen molar-refractivity contribution >= 4 is 28.3 Å². The van der Waals surface area contributed by atoms with Gasteiger partial charge in [0.2, 0.25) is 0 Å². The van der Waals surface area contributed by atoms with E-state index in [-0.39, 0.29) is 35.6 Å². The van der Waals surface area contributed by atoms with Gasteiger partial charge in [-0.05, 0) is 96.9 Å². The molecule has 3 N–H and O–H groups in total. The van der Waals surface area contributed by atoms with Gasteiger partial charge in [-0.15, -0.1) is 0 Å². The molecule has 2 aliphatic heterocycles. The number of pyridine rings is 2. The summed E-state index contributed by atoms with van der Waals surface area (Å²) in [6, 6.07) is 10.6. The fraction of sp³-hybridized carbons (Fsp3) is 0.500. The van der Waals surface area contributed by atoms with Crippen LogP contribution in [0.1, 0.15) is 87.6 Å². The number of rotatable bonds is 8. The first-order valence-electron chi connectivity index (χ1n) is 17.0. The molecule has 246 valence electrons. The number of methoxy groups -OCH3 is 1. The largest absolute Gasteiger partial charge is 0.482 e. The number of aryl methyl sites for hydroxylation is 1. The number of hydrogen-bond acceptors (Lipinski definition) is 7. The number of amides is 1. The topological polar surface area (TPSA) is 121 Å². The molecule has 1 aliphatic carbocycles. The standard InChI is InChI=1S/C36H45N9O2/c1-20(39-25-17-38-43(19-25)36(3,4)5)28-11-9-23-13-30(42(34(23)40-28)18-22-7-8-22)33-21(2)44-31(41-33)14-24(15-32(44)47-6)35(46)45-26-10-12-29(45)27(37)16-26/h9,11,13-15,17,19-20,22,26-27,29,39H,7-8,10,12,16,18,37H2,1-6H3/t20-,26+,27-,29-/m1/s1. The number of imidazole rings is 1. The molecule has 0 unspecified atom stereocenters. The Morgan fingerprint density at radius 1 is 1.13 bits per heavy atom. The lowest BCUT2D eigenvalue weighted by Crippen LogP contribution is -2.40. The molecule has 0 aromatic carbocycles. The highest BCUT2D eigenvalue weighted by atomic mass is 16.5. The lowest BCUT2D eigenvalue weighted by atomic mass is 9.97. The van der Waals surface area contributed by atoms with Gasteiger partial charge in [0.05, 0.1) is 47.7 Å². The van der Waals surface area contributed by atoms with Crippen LogP contribution in [-0.4, -0.2) is 64.8 Å². The van der Waals surface area contributed by atoms with Crippen LogP contribution in [0, 0.1) is 12.8 Å². The molecule has 2 bridgehead atoms. The van der Waals surface area contributed by atoms with Crippen LogP contribution in [0.15, 0.2) is 42.7 Å². The summed E-state index contributed by atoms with van der Waals surface area (Å²) in [6.45, 7) is 11.5. The normalized spacial score (nSPS) is 21.7. The zero-order chi connectivity index (χ0) is 32.8. The molecule has 0 radical (unpaired) electrons. The highest BCUT2D eigenvalue weighted by molar-refractivity contribution is 5.96. The van der Waals surface area contributed by atoms with E-state index in [0.29, 0.717) is 23.0 Å². The van der Waals surface area contributed by atoms with Gasteiger partial charge in [-0.2, -0.15) is 5.10 Å². The first-order valence-corrected chi connectivity index (χ1v) is 17.0. The first-order chi connectivity index (χ1) is 22.5. The Kier molecular flexibility index (Phi) is 6.91. The summed E-state index contributed by atoms with van der Waals surface area (Å²) in [4.78, 5) is 26.2. The summed E-state index contributed by atoms with van der Waals surface area (Å²) in [5, 5.41) is 9.22. The molecule has 4 atom stereocenters. The summed E-state index contributed by atoms with van der Waals surface area (Å²) in [5.74, 6) is 1.24. The fourth-order valence-corrected chi connectivity index (χ4v) is 7.70. The van der Waals surface area contributed by atoms with Gasteiger partial charge in [0.1, 0.15) is 17.0 Å². The van der Waals surface area contributed by atoms with E-state index >= 15 is 0 Å². The van der Waals surface area contributed by atoms with E-state index in [1.54, 1.807) is 7.11 Å². The maximum atomic E-state index is 13.8. The molecule has 1 saturated carbocycles. The predicted molar refractivity (Wildman–Crippen MR) is 183 cm³/mol. The Bertz CT molecular complexity index is 2010. The van der Waals surface area contributed by atoms with Crippen molar-refractivity contribution < 1.29 is 9.53 Å². The minimum Gasteiger partial charge on any atom is -0.482 e. The Hall–Kier alpha value is -4.38. The molecule has 47 heavy (non-hydrogen) atoms. The number of nitrogens with two attached hydrogens (primary N) is 1. The van der Waals surface area contributed by atoms with E-state index in [2.05, 4.69) is 67.8 Å². The van der Waals surface area contributed by atoms with Crippen molar-refractivity contribution in [2.45, 2.75) is 103 Å². The molecular weight excluding hydrogens is 590 g/mol. The van der Waals surface area contributed by atoms with E-state index in [1.165, 1.54) is 12.8 Å². The third-order valence-electron chi connectivity index (χ3n) is 10.4. The van der Waals surface area contributed by atoms with Crippen molar-refractivity contribution in [2.75, 3.05) is 12.4 Å². The van der Waals surface area contributed by atoms with E-state index < -0.39 is 0 Å². The Balaban J connectivity index is 1.17. The third-order valence-corrected chi connectivity index (χ3v) is 10.4. The van der Waals surface area contributed by atoms with E-state index in [9.17, 15) is 4.79 Å². The van der Waals surface area contributed by atoms with Gasteiger partial charge in [-0.1, -0.05) is 0 Å². The average Bonchev–Trinajstić information content (AvgIpc) is 3.39. The summed E-state index contributed by atoms with van der Waals surface area (Å²) < 4.78 is 12.2. The van der Waals surface area contributed by atoms with E-state index in [4.69, 9.17) is 20.4 Å². The number of ether oxygens (including phenoxy) is 1. The van der Waals surface area contributed by atoms with Crippen molar-refractivity contribution in [1.29, 1.82) is 0 Å². The minimum absolute atomic E-state index is 0.0118. The second-order valence-corrected chi connectivity index (χ2v) is 14.9. The van der Waals surface area contributed by atoms with Crippen molar-refractivity contribution in [1.82, 2.24) is 33.6 Å². The molecule has 0 spiro atoms. The second kappa shape index (κ2) is 10.8. The SMILES string of the molecule is COc1cc(C(=O)N2[C@H]3CC[C@@H]2[C@H](N)C3)cc2nc(-c3cc4ccc([C@@H](C)Nc5cnn(C(C)(C)C)c5)nc4n3CC3CC3)c(C)n12. The first kappa shape index (κ1) is 30.0. The number of carbonyl (C=O) groups excluding carboxylic acids is 1. The van der Waals surface area contributed by atoms with Crippen molar-refractivity contribution in [3.8, 4) is 17.3 Å². The third kappa shape index (κ3) is 5.06. The van der Waals surface area contributed by atoms with Crippen LogP contribution in [0.25, 0.3) is 28.1 Å². The Morgan fingerprint density at radius 3 is 2.60 bits per heavy atom. The number of nitrogens with one attached hydrogen (secondary N) is 1. The fourth-order valence-electron chi connectivity index (χ4n) is 7.70. The molecule has 2 saturated heterocycles. The van der Waals surface area contributed by atoms with Crippen LogP contribution in [0.5, 0.6) is 5.88 Å². The van der Waals surface area contributed by atoms with Gasteiger partial charge in [0, 0.05) is 47.9 Å². The van der Waals surface area contributed by atoms with Gasteiger partial charge in [0.15, 0.2) is 5.88 Å². The molecule has 5 aromatic rings. The van der Waals surface area contributed by atoms with Crippen LogP contribution < -0.4 is 15.8 Å². The minimum atomic E-state index is -0.0841. The summed E-state index contributed by atoms with van der Waals surface area (Å²) in [5.41, 5.74) is 13.3. The lowest BCUT2D eigenvalue weighted by molar-refractivity contribution is 0.0726. The zero-order valence-electron chi connectivity index (χ0n) is 28.2. The van der Waals surface area contributed by atoms with Crippen LogP contribution in [0.2, 0.25) is 0 Å². The summed E-state index contributed by atoms with van der Waals surface area (Å²) in [7, 11) is 1.65. The smallest absolute Gasteiger partial charge is 0.254 e. The molecule has 1 amide bonds. The number of nitrogens with zero attached hydrogens (tertiary/aromatic N) is 7. The monoisotopic (exact) mass is 635 g/mol. The highest BCUT2D eigenvalue weighted by Gasteiger charge is 2.47. The van der Waals surface area contributed by atoms with E-state index in [0.717, 1.165) is 65.3 Å². The number of carbonyl (C=O) groups is 1. The summed E-state index contributed by atoms with van der Waals surface area (Å²) >= 11 is 0. The van der Waals surface area contributed by atoms with Crippen molar-refractivity contribution in [2.24, 2.45) is 11.7 Å². The van der Waals surface area contributed by atoms with Crippen LogP contribution in [0.3, 0.4) is 0 Å². The molecule has 5 aromatic heterocycles. The van der Waals surface area contributed by atoms with Crippen molar-refractivity contribution in [3.63, 3.8) is 0 Å². The summed E-state index contributed by atoms with van der Waals surface area (Å²) in [6.07, 6.45) is 9.24.